The molecule has 0 saturated carbocycles. The van der Waals surface area contributed by atoms with E-state index in [1.165, 1.54) is 0 Å². The van der Waals surface area contributed by atoms with Gasteiger partial charge in [-0.05, 0) is 31.6 Å². The third-order valence-electron chi connectivity index (χ3n) is 4.76. The van der Waals surface area contributed by atoms with E-state index in [9.17, 15) is 9.59 Å². The molecule has 0 bridgehead atoms. The minimum absolute atomic E-state index is 0. The predicted molar refractivity (Wildman–Crippen MR) is 95.1 cm³/mol. The molecule has 2 heterocycles. The van der Waals surface area contributed by atoms with Crippen molar-refractivity contribution in [3.05, 3.63) is 0 Å². The van der Waals surface area contributed by atoms with Gasteiger partial charge in [0.15, 0.2) is 0 Å². The van der Waals surface area contributed by atoms with Gasteiger partial charge >= 0.3 is 11.9 Å². The summed E-state index contributed by atoms with van der Waals surface area (Å²) in [6.07, 6.45) is 5.08. The van der Waals surface area contributed by atoms with E-state index in [2.05, 4.69) is 13.8 Å². The molecule has 0 spiro atoms. The standard InChI is InChI=1S/C9H16O2.C8H14O2.2CH4/c1-3-7-5-8(4-2)9(10)11-6-7;1-3-6-5-10-8(9)7(6)4-2;;/h7-8H,3-6H2,1-2H3;6-7H,3-5H2,1-2H3;2*1H4. The van der Waals surface area contributed by atoms with Gasteiger partial charge in [0.2, 0.25) is 0 Å². The van der Waals surface area contributed by atoms with Crippen LogP contribution in [0.5, 0.6) is 0 Å². The zero-order valence-electron chi connectivity index (χ0n) is 13.9. The van der Waals surface area contributed by atoms with Gasteiger partial charge < -0.3 is 9.47 Å². The van der Waals surface area contributed by atoms with Crippen LogP contribution in [-0.2, 0) is 19.1 Å². The highest BCUT2D eigenvalue weighted by atomic mass is 16.5. The van der Waals surface area contributed by atoms with Crippen LogP contribution in [0.15, 0.2) is 0 Å². The van der Waals surface area contributed by atoms with E-state index in [-0.39, 0.29) is 38.6 Å². The van der Waals surface area contributed by atoms with Crippen LogP contribution in [-0.4, -0.2) is 25.2 Å². The average Bonchev–Trinajstić information content (AvgIpc) is 2.88. The second-order valence-electron chi connectivity index (χ2n) is 6.06. The van der Waals surface area contributed by atoms with E-state index in [1.54, 1.807) is 0 Å². The summed E-state index contributed by atoms with van der Waals surface area (Å²) in [5.41, 5.74) is 0. The quantitative estimate of drug-likeness (QED) is 0.691. The van der Waals surface area contributed by atoms with Gasteiger partial charge in [0.1, 0.15) is 0 Å². The lowest BCUT2D eigenvalue weighted by atomic mass is 9.89. The summed E-state index contributed by atoms with van der Waals surface area (Å²) in [6.45, 7) is 9.63. The molecule has 0 aliphatic carbocycles. The summed E-state index contributed by atoms with van der Waals surface area (Å²) in [5, 5.41) is 0. The second kappa shape index (κ2) is 12.4. The number of esters is 2. The number of carbonyl (C=O) groups is 2. The molecule has 4 heteroatoms. The van der Waals surface area contributed by atoms with Crippen molar-refractivity contribution in [1.82, 2.24) is 0 Å². The van der Waals surface area contributed by atoms with Crippen molar-refractivity contribution in [2.45, 2.75) is 74.7 Å². The number of hydrogen-bond acceptors (Lipinski definition) is 4. The third kappa shape index (κ3) is 6.92. The molecule has 2 aliphatic rings. The van der Waals surface area contributed by atoms with Crippen LogP contribution in [0.4, 0.5) is 0 Å². The second-order valence-corrected chi connectivity index (χ2v) is 6.06. The topological polar surface area (TPSA) is 52.6 Å². The summed E-state index contributed by atoms with van der Waals surface area (Å²) in [7, 11) is 0. The highest BCUT2D eigenvalue weighted by Gasteiger charge is 2.33. The van der Waals surface area contributed by atoms with Gasteiger partial charge in [-0.15, -0.1) is 0 Å². The minimum Gasteiger partial charge on any atom is -0.465 e. The molecule has 2 fully saturated rings. The molecule has 0 aromatic heterocycles. The summed E-state index contributed by atoms with van der Waals surface area (Å²) in [5.74, 6) is 1.47. The molecule has 2 saturated heterocycles. The molecule has 23 heavy (non-hydrogen) atoms. The van der Waals surface area contributed by atoms with Gasteiger partial charge in [0.05, 0.1) is 25.0 Å². The van der Waals surface area contributed by atoms with E-state index in [0.29, 0.717) is 25.0 Å². The lowest BCUT2D eigenvalue weighted by Crippen LogP contribution is -2.29. The molecule has 4 unspecified atom stereocenters. The molecule has 4 nitrogen and oxygen atoms in total. The van der Waals surface area contributed by atoms with Crippen LogP contribution in [0.2, 0.25) is 0 Å². The number of carbonyl (C=O) groups excluding carboxylic acids is 2. The number of cyclic esters (lactones) is 2. The number of rotatable bonds is 4. The Kier molecular flexibility index (Phi) is 13.0. The fourth-order valence-corrected chi connectivity index (χ4v) is 3.01. The number of hydrogen-bond donors (Lipinski definition) is 0. The van der Waals surface area contributed by atoms with E-state index in [0.717, 1.165) is 32.1 Å². The van der Waals surface area contributed by atoms with Crippen molar-refractivity contribution in [2.75, 3.05) is 13.2 Å². The van der Waals surface area contributed by atoms with Crippen LogP contribution in [0, 0.1) is 23.7 Å². The lowest BCUT2D eigenvalue weighted by Gasteiger charge is -2.26. The van der Waals surface area contributed by atoms with Gasteiger partial charge in [-0.1, -0.05) is 49.0 Å². The Bertz CT molecular complexity index is 340. The molecule has 0 aromatic rings. The minimum atomic E-state index is 0. The Labute approximate surface area is 143 Å². The first kappa shape index (κ1) is 24.2. The van der Waals surface area contributed by atoms with Crippen LogP contribution >= 0.6 is 0 Å². The fourth-order valence-electron chi connectivity index (χ4n) is 3.01. The van der Waals surface area contributed by atoms with Crippen LogP contribution < -0.4 is 0 Å². The molecule has 0 radical (unpaired) electrons. The SMILES string of the molecule is C.C.CCC1COC(=O)C(CC)C1.CCC1COC(=O)C1CC. The Morgan fingerprint density at radius 2 is 1.43 bits per heavy atom. The zero-order chi connectivity index (χ0) is 15.8. The Morgan fingerprint density at radius 1 is 0.826 bits per heavy atom. The Morgan fingerprint density at radius 3 is 1.87 bits per heavy atom. The average molecular weight is 331 g/mol. The first-order chi connectivity index (χ1) is 10.1. The molecule has 0 N–H and O–H groups in total. The summed E-state index contributed by atoms with van der Waals surface area (Å²) in [4.78, 5) is 22.0. The highest BCUT2D eigenvalue weighted by molar-refractivity contribution is 5.74. The maximum absolute atomic E-state index is 11.1. The molecule has 2 rings (SSSR count). The Balaban J connectivity index is 0. The van der Waals surface area contributed by atoms with Gasteiger partial charge in [-0.2, -0.15) is 0 Å². The molecule has 2 aliphatic heterocycles. The van der Waals surface area contributed by atoms with Crippen molar-refractivity contribution in [1.29, 1.82) is 0 Å². The largest absolute Gasteiger partial charge is 0.465 e. The van der Waals surface area contributed by atoms with Crippen LogP contribution in [0.3, 0.4) is 0 Å². The molecular formula is C19H38O4. The monoisotopic (exact) mass is 330 g/mol. The highest BCUT2D eigenvalue weighted by Crippen LogP contribution is 2.27. The van der Waals surface area contributed by atoms with Crippen molar-refractivity contribution in [3.63, 3.8) is 0 Å². The smallest absolute Gasteiger partial charge is 0.309 e. The normalized spacial score (nSPS) is 29.2. The van der Waals surface area contributed by atoms with Gasteiger partial charge in [-0.3, -0.25) is 9.59 Å². The summed E-state index contributed by atoms with van der Waals surface area (Å²) in [6, 6.07) is 0. The van der Waals surface area contributed by atoms with E-state index in [4.69, 9.17) is 9.47 Å². The number of ether oxygens (including phenoxy) is 2. The third-order valence-corrected chi connectivity index (χ3v) is 4.76. The predicted octanol–water partition coefficient (Wildman–Crippen LogP) is 4.85. The van der Waals surface area contributed by atoms with Gasteiger partial charge in [0.25, 0.3) is 0 Å². The van der Waals surface area contributed by atoms with Crippen molar-refractivity contribution in [2.24, 2.45) is 23.7 Å². The fraction of sp³-hybridized carbons (Fsp3) is 0.895. The molecular weight excluding hydrogens is 292 g/mol. The molecule has 0 aromatic carbocycles. The lowest BCUT2D eigenvalue weighted by molar-refractivity contribution is -0.156. The van der Waals surface area contributed by atoms with E-state index < -0.39 is 0 Å². The van der Waals surface area contributed by atoms with E-state index in [1.807, 2.05) is 13.8 Å². The summed E-state index contributed by atoms with van der Waals surface area (Å²) >= 11 is 0. The van der Waals surface area contributed by atoms with Crippen LogP contribution in [0.25, 0.3) is 0 Å². The van der Waals surface area contributed by atoms with E-state index >= 15 is 0 Å². The Hall–Kier alpha value is -1.06. The molecule has 138 valence electrons. The summed E-state index contributed by atoms with van der Waals surface area (Å²) < 4.78 is 9.97. The maximum atomic E-state index is 11.1. The first-order valence-corrected chi connectivity index (χ1v) is 8.40. The van der Waals surface area contributed by atoms with Gasteiger partial charge in [0, 0.05) is 5.92 Å². The van der Waals surface area contributed by atoms with Crippen molar-refractivity contribution in [3.8, 4) is 0 Å². The van der Waals surface area contributed by atoms with Gasteiger partial charge in [-0.25, -0.2) is 0 Å². The first-order valence-electron chi connectivity index (χ1n) is 8.40. The van der Waals surface area contributed by atoms with Crippen molar-refractivity contribution < 1.29 is 19.1 Å². The maximum Gasteiger partial charge on any atom is 0.309 e. The molecule has 0 amide bonds. The zero-order valence-corrected chi connectivity index (χ0v) is 13.9. The molecule has 4 atom stereocenters. The van der Waals surface area contributed by atoms with Crippen molar-refractivity contribution >= 4 is 11.9 Å². The van der Waals surface area contributed by atoms with Crippen LogP contribution in [0.1, 0.15) is 74.7 Å².